The third-order valence-electron chi connectivity index (χ3n) is 6.55. The van der Waals surface area contributed by atoms with Gasteiger partial charge in [-0.15, -0.1) is 0 Å². The largest absolute Gasteiger partial charge is 0.490 e. The summed E-state index contributed by atoms with van der Waals surface area (Å²) in [5.41, 5.74) is 1.41. The molecule has 0 bridgehead atoms. The zero-order valence-corrected chi connectivity index (χ0v) is 20.9. The summed E-state index contributed by atoms with van der Waals surface area (Å²) < 4.78 is 39.4. The number of carboxylic acid groups (broad SMARTS) is 1. The number of fused-ring (bicyclic) bond motifs is 4. The summed E-state index contributed by atoms with van der Waals surface area (Å²) in [6, 6.07) is 11.5. The highest BCUT2D eigenvalue weighted by atomic mass is 19.4. The van der Waals surface area contributed by atoms with Gasteiger partial charge in [0.25, 0.3) is 5.91 Å². The molecule has 1 N–H and O–H groups in total. The van der Waals surface area contributed by atoms with Crippen LogP contribution < -0.4 is 4.90 Å². The molecule has 0 saturated carbocycles. The second-order valence-corrected chi connectivity index (χ2v) is 9.21. The lowest BCUT2D eigenvalue weighted by Crippen LogP contribution is -2.55. The molecular formula is C25H26F3N5O5. The molecule has 13 heteroatoms. The molecule has 1 atom stereocenters. The van der Waals surface area contributed by atoms with Crippen LogP contribution in [0.15, 0.2) is 53.2 Å². The molecule has 3 aromatic rings. The van der Waals surface area contributed by atoms with Crippen molar-refractivity contribution in [1.29, 1.82) is 0 Å². The van der Waals surface area contributed by atoms with E-state index in [0.717, 1.165) is 17.2 Å². The van der Waals surface area contributed by atoms with E-state index in [1.807, 2.05) is 36.2 Å². The molecule has 1 fully saturated rings. The number of pyridine rings is 1. The lowest BCUT2D eigenvalue weighted by molar-refractivity contribution is -0.192. The van der Waals surface area contributed by atoms with Gasteiger partial charge in [-0.05, 0) is 49.7 Å². The molecule has 2 amide bonds. The summed E-state index contributed by atoms with van der Waals surface area (Å²) in [5, 5.41) is 7.12. The van der Waals surface area contributed by atoms with Crippen molar-refractivity contribution in [3.63, 3.8) is 0 Å². The molecule has 0 radical (unpaired) electrons. The average molecular weight is 534 g/mol. The number of nitrogens with zero attached hydrogens (tertiary/aromatic N) is 5. The zero-order chi connectivity index (χ0) is 27.8. The van der Waals surface area contributed by atoms with Crippen LogP contribution in [0.25, 0.3) is 5.82 Å². The van der Waals surface area contributed by atoms with Crippen molar-refractivity contribution in [2.24, 2.45) is 0 Å². The lowest BCUT2D eigenvalue weighted by Gasteiger charge is -2.46. The number of aryl methyl sites for hydroxylation is 1. The van der Waals surface area contributed by atoms with Crippen LogP contribution in [0.5, 0.6) is 0 Å². The summed E-state index contributed by atoms with van der Waals surface area (Å²) >= 11 is 0. The number of likely N-dealkylation sites (N-methyl/N-ethyl adjacent to an activating group) is 1. The number of amides is 2. The van der Waals surface area contributed by atoms with E-state index in [0.29, 0.717) is 31.0 Å². The van der Waals surface area contributed by atoms with E-state index < -0.39 is 17.7 Å². The van der Waals surface area contributed by atoms with Gasteiger partial charge in [-0.1, -0.05) is 0 Å². The second-order valence-electron chi connectivity index (χ2n) is 9.21. The van der Waals surface area contributed by atoms with E-state index in [1.54, 1.807) is 37.3 Å². The number of furan rings is 1. The maximum absolute atomic E-state index is 13.1. The molecule has 1 saturated heterocycles. The topological polar surface area (TPSA) is 112 Å². The first-order valence-electron chi connectivity index (χ1n) is 11.6. The number of anilines is 1. The van der Waals surface area contributed by atoms with Gasteiger partial charge in [0.1, 0.15) is 11.3 Å². The van der Waals surface area contributed by atoms with Crippen LogP contribution in [0, 0.1) is 6.92 Å². The van der Waals surface area contributed by atoms with Gasteiger partial charge in [-0.3, -0.25) is 9.59 Å². The summed E-state index contributed by atoms with van der Waals surface area (Å²) in [4.78, 5) is 45.0. The van der Waals surface area contributed by atoms with Gasteiger partial charge in [0.05, 0.1) is 24.5 Å². The van der Waals surface area contributed by atoms with Gasteiger partial charge < -0.3 is 28.8 Å². The van der Waals surface area contributed by atoms with Crippen molar-refractivity contribution >= 4 is 23.5 Å². The number of carboxylic acids is 1. The smallest absolute Gasteiger partial charge is 0.475 e. The van der Waals surface area contributed by atoms with Crippen LogP contribution >= 0.6 is 0 Å². The van der Waals surface area contributed by atoms with Crippen molar-refractivity contribution in [2.45, 2.75) is 25.1 Å². The van der Waals surface area contributed by atoms with Crippen molar-refractivity contribution in [3.8, 4) is 5.82 Å². The number of aliphatic carboxylic acids is 1. The number of rotatable bonds is 3. The van der Waals surface area contributed by atoms with E-state index in [4.69, 9.17) is 14.3 Å². The van der Waals surface area contributed by atoms with Crippen LogP contribution in [-0.2, 0) is 15.1 Å². The molecule has 0 aromatic carbocycles. The molecule has 2 aliphatic rings. The quantitative estimate of drug-likeness (QED) is 0.551. The van der Waals surface area contributed by atoms with Crippen LogP contribution in [0.2, 0.25) is 0 Å². The highest BCUT2D eigenvalue weighted by Crippen LogP contribution is 2.47. The number of hydrogen-bond acceptors (Lipinski definition) is 6. The summed E-state index contributed by atoms with van der Waals surface area (Å²) in [6.45, 7) is 3.07. The maximum atomic E-state index is 13.1. The molecule has 5 heterocycles. The Morgan fingerprint density at radius 3 is 2.47 bits per heavy atom. The number of halogens is 3. The van der Waals surface area contributed by atoms with Crippen molar-refractivity contribution in [2.75, 3.05) is 38.6 Å². The third-order valence-corrected chi connectivity index (χ3v) is 6.55. The molecule has 38 heavy (non-hydrogen) atoms. The van der Waals surface area contributed by atoms with E-state index in [-0.39, 0.29) is 18.4 Å². The van der Waals surface area contributed by atoms with Gasteiger partial charge >= 0.3 is 12.1 Å². The first kappa shape index (κ1) is 26.8. The molecule has 1 unspecified atom stereocenters. The fraction of sp³-hybridized carbons (Fsp3) is 0.360. The van der Waals surface area contributed by atoms with Gasteiger partial charge in [0.15, 0.2) is 11.6 Å². The van der Waals surface area contributed by atoms with Gasteiger partial charge in [-0.2, -0.15) is 13.2 Å². The number of likely N-dealkylation sites (tertiary alicyclic amines) is 1. The normalized spacial score (nSPS) is 17.9. The van der Waals surface area contributed by atoms with Crippen LogP contribution in [0.1, 0.15) is 28.4 Å². The Hall–Kier alpha value is -4.29. The number of aromatic nitrogens is 2. The standard InChI is InChI=1S/C23H25N5O3.C2HF3O2/c1-16-8-9-18(31-16)22(30)26-13-10-23(15-26)19-7-5-12-27(19)21-17(6-4-11-24-21)28(23)14-20(29)25(2)3;3-2(4,5)1(6)7/h4-9,11-12H,10,13-15H2,1-3H3;(H,6,7). The molecule has 0 aliphatic carbocycles. The highest BCUT2D eigenvalue weighted by molar-refractivity contribution is 5.92. The van der Waals surface area contributed by atoms with E-state index in [2.05, 4.69) is 20.5 Å². The summed E-state index contributed by atoms with van der Waals surface area (Å²) in [5.74, 6) is -1.03. The minimum absolute atomic E-state index is 0.000574. The van der Waals surface area contributed by atoms with Crippen molar-refractivity contribution < 1.29 is 37.1 Å². The molecule has 2 aliphatic heterocycles. The molecular weight excluding hydrogens is 507 g/mol. The number of hydrogen-bond donors (Lipinski definition) is 1. The van der Waals surface area contributed by atoms with Crippen LogP contribution in [-0.4, -0.2) is 82.1 Å². The highest BCUT2D eigenvalue weighted by Gasteiger charge is 2.51. The Bertz CT molecular complexity index is 1370. The Morgan fingerprint density at radius 2 is 1.87 bits per heavy atom. The number of carbonyl (C=O) groups excluding carboxylic acids is 2. The molecule has 202 valence electrons. The SMILES string of the molecule is Cc1ccc(C(=O)N2CCC3(C2)c2cccn2-c2ncccc2N3CC(=O)N(C)C)o1.O=C(O)C(F)(F)F. The third kappa shape index (κ3) is 4.83. The fourth-order valence-electron chi connectivity index (χ4n) is 4.71. The van der Waals surface area contributed by atoms with Gasteiger partial charge in [0, 0.05) is 33.0 Å². The van der Waals surface area contributed by atoms with E-state index in [9.17, 15) is 22.8 Å². The first-order valence-corrected chi connectivity index (χ1v) is 11.6. The van der Waals surface area contributed by atoms with E-state index >= 15 is 0 Å². The minimum atomic E-state index is -5.08. The molecule has 5 rings (SSSR count). The average Bonchev–Trinajstić information content (AvgIpc) is 3.61. The molecule has 3 aromatic heterocycles. The predicted octanol–water partition coefficient (Wildman–Crippen LogP) is 3.06. The summed E-state index contributed by atoms with van der Waals surface area (Å²) in [7, 11) is 3.52. The van der Waals surface area contributed by atoms with Crippen LogP contribution in [0.4, 0.5) is 18.9 Å². The van der Waals surface area contributed by atoms with Crippen molar-refractivity contribution in [1.82, 2.24) is 19.4 Å². The maximum Gasteiger partial charge on any atom is 0.490 e. The Balaban J connectivity index is 0.000000426. The number of alkyl halides is 3. The second kappa shape index (κ2) is 9.88. The minimum Gasteiger partial charge on any atom is -0.475 e. The Kier molecular flexibility index (Phi) is 6.96. The van der Waals surface area contributed by atoms with Gasteiger partial charge in [-0.25, -0.2) is 9.78 Å². The molecule has 10 nitrogen and oxygen atoms in total. The number of carbonyl (C=O) groups is 3. The van der Waals surface area contributed by atoms with Crippen LogP contribution in [0.3, 0.4) is 0 Å². The fourth-order valence-corrected chi connectivity index (χ4v) is 4.71. The Morgan fingerprint density at radius 1 is 1.16 bits per heavy atom. The Labute approximate surface area is 215 Å². The summed E-state index contributed by atoms with van der Waals surface area (Å²) in [6.07, 6.45) is -0.623. The van der Waals surface area contributed by atoms with Gasteiger partial charge in [0.2, 0.25) is 5.91 Å². The van der Waals surface area contributed by atoms with E-state index in [1.165, 1.54) is 0 Å². The molecule has 1 spiro atoms. The van der Waals surface area contributed by atoms with Crippen molar-refractivity contribution in [3.05, 3.63) is 66.0 Å². The first-order chi connectivity index (χ1) is 17.8. The lowest BCUT2D eigenvalue weighted by atomic mass is 9.88. The zero-order valence-electron chi connectivity index (χ0n) is 20.9. The monoisotopic (exact) mass is 533 g/mol. The predicted molar refractivity (Wildman–Crippen MR) is 129 cm³/mol.